The predicted molar refractivity (Wildman–Crippen MR) is 62.7 cm³/mol. The fourth-order valence-corrected chi connectivity index (χ4v) is 2.73. The Bertz CT molecular complexity index is 786. The number of aromatic carboxylic acids is 1. The Morgan fingerprint density at radius 2 is 2.20 bits per heavy atom. The van der Waals surface area contributed by atoms with Crippen molar-refractivity contribution in [1.29, 1.82) is 0 Å². The zero-order valence-corrected chi connectivity index (χ0v) is 10.3. The normalized spacial score (nSPS) is 12.2. The van der Waals surface area contributed by atoms with Gasteiger partial charge in [-0.2, -0.15) is 13.2 Å². The van der Waals surface area contributed by atoms with Crippen molar-refractivity contribution in [2.75, 3.05) is 0 Å². The molecule has 0 aromatic carbocycles. The molecule has 0 saturated heterocycles. The van der Waals surface area contributed by atoms with Gasteiger partial charge < -0.3 is 9.52 Å². The number of nitrogens with zero attached hydrogens (tertiary/aromatic N) is 2. The van der Waals surface area contributed by atoms with E-state index in [1.54, 1.807) is 6.07 Å². The number of carboxylic acids is 1. The highest BCUT2D eigenvalue weighted by Crippen LogP contribution is 2.36. The summed E-state index contributed by atoms with van der Waals surface area (Å²) in [5.41, 5.74) is -2.11. The summed E-state index contributed by atoms with van der Waals surface area (Å²) in [5, 5.41) is 10.6. The highest BCUT2D eigenvalue weighted by Gasteiger charge is 2.41. The van der Waals surface area contributed by atoms with E-state index in [4.69, 9.17) is 9.52 Å². The Balaban J connectivity index is 2.37. The van der Waals surface area contributed by atoms with Gasteiger partial charge in [0.1, 0.15) is 5.69 Å². The molecule has 1 N–H and O–H groups in total. The highest BCUT2D eigenvalue weighted by atomic mass is 32.1. The van der Waals surface area contributed by atoms with E-state index < -0.39 is 23.5 Å². The number of carboxylic acid groups (broad SMARTS) is 1. The van der Waals surface area contributed by atoms with Crippen LogP contribution in [0.2, 0.25) is 0 Å². The van der Waals surface area contributed by atoms with Crippen molar-refractivity contribution in [1.82, 2.24) is 9.38 Å². The van der Waals surface area contributed by atoms with Gasteiger partial charge in [-0.05, 0) is 12.1 Å². The van der Waals surface area contributed by atoms with Crippen LogP contribution < -0.4 is 0 Å². The molecule has 3 heterocycles. The van der Waals surface area contributed by atoms with E-state index in [0.717, 1.165) is 15.7 Å². The van der Waals surface area contributed by atoms with E-state index in [1.807, 2.05) is 0 Å². The summed E-state index contributed by atoms with van der Waals surface area (Å²) in [6.45, 7) is 0. The number of alkyl halides is 3. The van der Waals surface area contributed by atoms with Crippen LogP contribution in [0.15, 0.2) is 28.2 Å². The molecule has 3 rings (SSSR count). The largest absolute Gasteiger partial charge is 0.476 e. The van der Waals surface area contributed by atoms with Gasteiger partial charge >= 0.3 is 12.1 Å². The molecule has 9 heteroatoms. The van der Waals surface area contributed by atoms with Gasteiger partial charge in [-0.1, -0.05) is 0 Å². The molecule has 5 nitrogen and oxygen atoms in total. The molecular formula is C11H5F3N2O3S. The van der Waals surface area contributed by atoms with Gasteiger partial charge in [0.15, 0.2) is 22.1 Å². The molecule has 3 aromatic heterocycles. The summed E-state index contributed by atoms with van der Waals surface area (Å²) in [6.07, 6.45) is -3.49. The van der Waals surface area contributed by atoms with E-state index in [-0.39, 0.29) is 16.4 Å². The summed E-state index contributed by atoms with van der Waals surface area (Å²) < 4.78 is 44.6. The number of carbonyl (C=O) groups is 1. The molecule has 0 aliphatic rings. The number of halogens is 3. The maximum absolute atomic E-state index is 12.8. The van der Waals surface area contributed by atoms with Gasteiger partial charge in [0, 0.05) is 5.38 Å². The molecule has 0 amide bonds. The SMILES string of the molecule is O=C(O)c1c(C(F)(F)F)nc2scc(-c3ccco3)n12. The van der Waals surface area contributed by atoms with E-state index in [1.165, 1.54) is 17.7 Å². The second kappa shape index (κ2) is 4.10. The van der Waals surface area contributed by atoms with Crippen LogP contribution in [0.1, 0.15) is 16.2 Å². The third-order valence-corrected chi connectivity index (χ3v) is 3.43. The number of furan rings is 1. The van der Waals surface area contributed by atoms with Crippen LogP contribution >= 0.6 is 11.3 Å². The third-order valence-electron chi connectivity index (χ3n) is 2.61. The monoisotopic (exact) mass is 302 g/mol. The van der Waals surface area contributed by atoms with E-state index in [9.17, 15) is 18.0 Å². The molecule has 0 unspecified atom stereocenters. The van der Waals surface area contributed by atoms with Crippen LogP contribution in [0, 0.1) is 0 Å². The maximum Gasteiger partial charge on any atom is 0.435 e. The van der Waals surface area contributed by atoms with Crippen molar-refractivity contribution in [3.8, 4) is 11.5 Å². The zero-order chi connectivity index (χ0) is 14.5. The van der Waals surface area contributed by atoms with Gasteiger partial charge in [0.25, 0.3) is 0 Å². The lowest BCUT2D eigenvalue weighted by Crippen LogP contribution is -2.14. The fourth-order valence-electron chi connectivity index (χ4n) is 1.85. The predicted octanol–water partition coefficient (Wildman–Crippen LogP) is 3.37. The van der Waals surface area contributed by atoms with Crippen molar-refractivity contribution in [2.45, 2.75) is 6.18 Å². The van der Waals surface area contributed by atoms with Crippen LogP contribution in [-0.2, 0) is 6.18 Å². The zero-order valence-electron chi connectivity index (χ0n) is 9.51. The molecule has 20 heavy (non-hydrogen) atoms. The summed E-state index contributed by atoms with van der Waals surface area (Å²) in [7, 11) is 0. The standard InChI is InChI=1S/C11H5F3N2O3S/c12-11(13,14)8-7(9(17)18)16-5(4-20-10(16)15-8)6-2-1-3-19-6/h1-4H,(H,17,18). The summed E-state index contributed by atoms with van der Waals surface area (Å²) in [4.78, 5) is 14.5. The van der Waals surface area contributed by atoms with Crippen molar-refractivity contribution in [2.24, 2.45) is 0 Å². The molecule has 0 aliphatic heterocycles. The molecule has 0 spiro atoms. The Hall–Kier alpha value is -2.29. The van der Waals surface area contributed by atoms with Crippen molar-refractivity contribution in [3.63, 3.8) is 0 Å². The molecule has 0 aliphatic carbocycles. The number of imidazole rings is 1. The van der Waals surface area contributed by atoms with Gasteiger partial charge in [0.05, 0.1) is 6.26 Å². The van der Waals surface area contributed by atoms with Gasteiger partial charge in [-0.25, -0.2) is 9.78 Å². The first-order chi connectivity index (χ1) is 9.39. The van der Waals surface area contributed by atoms with Crippen LogP contribution in [0.3, 0.4) is 0 Å². The topological polar surface area (TPSA) is 67.7 Å². The molecule has 0 atom stereocenters. The Labute approximate surface area is 112 Å². The number of hydrogen-bond acceptors (Lipinski definition) is 4. The van der Waals surface area contributed by atoms with Crippen molar-refractivity contribution in [3.05, 3.63) is 35.2 Å². The Morgan fingerprint density at radius 1 is 1.45 bits per heavy atom. The second-order valence-corrected chi connectivity index (χ2v) is 4.66. The minimum absolute atomic E-state index is 0.0545. The average Bonchev–Trinajstić information content (AvgIpc) is 3.02. The van der Waals surface area contributed by atoms with Crippen LogP contribution in [-0.4, -0.2) is 20.5 Å². The molecule has 0 bridgehead atoms. The summed E-state index contributed by atoms with van der Waals surface area (Å²) in [5.74, 6) is -1.43. The van der Waals surface area contributed by atoms with Crippen molar-refractivity contribution < 1.29 is 27.5 Å². The number of hydrogen-bond donors (Lipinski definition) is 1. The lowest BCUT2D eigenvalue weighted by Gasteiger charge is -2.04. The third kappa shape index (κ3) is 1.78. The highest BCUT2D eigenvalue weighted by molar-refractivity contribution is 7.15. The minimum Gasteiger partial charge on any atom is -0.476 e. The quantitative estimate of drug-likeness (QED) is 0.788. The molecule has 0 radical (unpaired) electrons. The average molecular weight is 302 g/mol. The number of fused-ring (bicyclic) bond motifs is 1. The molecule has 104 valence electrons. The lowest BCUT2D eigenvalue weighted by atomic mass is 10.3. The first kappa shape index (κ1) is 12.7. The first-order valence-electron chi connectivity index (χ1n) is 5.24. The van der Waals surface area contributed by atoms with E-state index in [0.29, 0.717) is 0 Å². The molecule has 0 fully saturated rings. The van der Waals surface area contributed by atoms with Gasteiger partial charge in [-0.15, -0.1) is 11.3 Å². The minimum atomic E-state index is -4.83. The van der Waals surface area contributed by atoms with Gasteiger partial charge in [0.2, 0.25) is 0 Å². The second-order valence-electron chi connectivity index (χ2n) is 3.83. The van der Waals surface area contributed by atoms with Crippen LogP contribution in [0.25, 0.3) is 16.4 Å². The smallest absolute Gasteiger partial charge is 0.435 e. The van der Waals surface area contributed by atoms with E-state index in [2.05, 4.69) is 4.98 Å². The van der Waals surface area contributed by atoms with Crippen LogP contribution in [0.4, 0.5) is 13.2 Å². The summed E-state index contributed by atoms with van der Waals surface area (Å²) >= 11 is 0.909. The number of aromatic nitrogens is 2. The first-order valence-corrected chi connectivity index (χ1v) is 6.12. The summed E-state index contributed by atoms with van der Waals surface area (Å²) in [6, 6.07) is 3.08. The van der Waals surface area contributed by atoms with Crippen LogP contribution in [0.5, 0.6) is 0 Å². The molecular weight excluding hydrogens is 297 g/mol. The van der Waals surface area contributed by atoms with Gasteiger partial charge in [-0.3, -0.25) is 4.40 Å². The molecule has 3 aromatic rings. The number of rotatable bonds is 2. The Morgan fingerprint density at radius 3 is 2.75 bits per heavy atom. The Kier molecular flexibility index (Phi) is 2.61. The maximum atomic E-state index is 12.8. The van der Waals surface area contributed by atoms with Crippen molar-refractivity contribution >= 4 is 22.3 Å². The molecule has 0 saturated carbocycles. The number of thiazole rings is 1. The fraction of sp³-hybridized carbons (Fsp3) is 0.0909. The lowest BCUT2D eigenvalue weighted by molar-refractivity contribution is -0.141. The van der Waals surface area contributed by atoms with E-state index >= 15 is 0 Å².